The summed E-state index contributed by atoms with van der Waals surface area (Å²) in [5.74, 6) is 1.09. The van der Waals surface area contributed by atoms with Crippen molar-refractivity contribution in [3.8, 4) is 11.5 Å². The Morgan fingerprint density at radius 2 is 1.70 bits per heavy atom. The highest BCUT2D eigenvalue weighted by molar-refractivity contribution is 7.89. The van der Waals surface area contributed by atoms with Crippen molar-refractivity contribution in [3.05, 3.63) is 42.5 Å². The maximum atomic E-state index is 12.9. The number of rotatable bonds is 7. The van der Waals surface area contributed by atoms with Crippen LogP contribution in [0.1, 0.15) is 26.2 Å². The van der Waals surface area contributed by atoms with Crippen molar-refractivity contribution in [2.24, 2.45) is 0 Å². The molecule has 0 unspecified atom stereocenters. The maximum Gasteiger partial charge on any atom is 0.243 e. The third kappa shape index (κ3) is 5.21. The van der Waals surface area contributed by atoms with Crippen LogP contribution in [0.15, 0.2) is 47.4 Å². The molecule has 1 aliphatic heterocycles. The van der Waals surface area contributed by atoms with Crippen LogP contribution in [-0.4, -0.2) is 44.6 Å². The number of sulfonamides is 1. The fourth-order valence-electron chi connectivity index (χ4n) is 3.32. The second kappa shape index (κ2) is 10.1. The van der Waals surface area contributed by atoms with E-state index in [1.54, 1.807) is 12.1 Å². The number of nitrogens with one attached hydrogen (secondary N) is 2. The molecule has 0 bridgehead atoms. The zero-order valence-electron chi connectivity index (χ0n) is 17.2. The van der Waals surface area contributed by atoms with Gasteiger partial charge in [-0.2, -0.15) is 4.31 Å². The van der Waals surface area contributed by atoms with Gasteiger partial charge in [-0.3, -0.25) is 0 Å². The molecular formula is C21H27N3O4S2. The van der Waals surface area contributed by atoms with Gasteiger partial charge >= 0.3 is 0 Å². The molecule has 3 rings (SSSR count). The smallest absolute Gasteiger partial charge is 0.243 e. The molecule has 0 aliphatic carbocycles. The third-order valence-corrected chi connectivity index (χ3v) is 6.91. The molecule has 9 heteroatoms. The van der Waals surface area contributed by atoms with Crippen molar-refractivity contribution >= 4 is 38.7 Å². The molecule has 0 amide bonds. The van der Waals surface area contributed by atoms with E-state index in [-0.39, 0.29) is 4.90 Å². The summed E-state index contributed by atoms with van der Waals surface area (Å²) >= 11 is 5.42. The third-order valence-electron chi connectivity index (χ3n) is 4.81. The fourth-order valence-corrected chi connectivity index (χ4v) is 5.07. The van der Waals surface area contributed by atoms with E-state index >= 15 is 0 Å². The lowest BCUT2D eigenvalue weighted by Crippen LogP contribution is -2.35. The van der Waals surface area contributed by atoms with Crippen molar-refractivity contribution in [1.29, 1.82) is 0 Å². The summed E-state index contributed by atoms with van der Waals surface area (Å²) in [6.45, 7) is 3.56. The minimum Gasteiger partial charge on any atom is -0.495 e. The molecule has 0 radical (unpaired) electrons. The molecule has 0 spiro atoms. The molecule has 162 valence electrons. The predicted molar refractivity (Wildman–Crippen MR) is 123 cm³/mol. The van der Waals surface area contributed by atoms with Gasteiger partial charge in [-0.25, -0.2) is 8.42 Å². The highest BCUT2D eigenvalue weighted by Crippen LogP contribution is 2.31. The maximum absolute atomic E-state index is 12.9. The van der Waals surface area contributed by atoms with Crippen LogP contribution in [0.25, 0.3) is 0 Å². The predicted octanol–water partition coefficient (Wildman–Crippen LogP) is 4.08. The van der Waals surface area contributed by atoms with Crippen LogP contribution >= 0.6 is 12.2 Å². The number of hydrogen-bond donors (Lipinski definition) is 2. The molecule has 30 heavy (non-hydrogen) atoms. The summed E-state index contributed by atoms with van der Waals surface area (Å²) < 4.78 is 38.4. The zero-order valence-corrected chi connectivity index (χ0v) is 18.8. The van der Waals surface area contributed by atoms with Gasteiger partial charge < -0.3 is 20.1 Å². The Labute approximate surface area is 183 Å². The topological polar surface area (TPSA) is 79.9 Å². The van der Waals surface area contributed by atoms with Gasteiger partial charge in [0.15, 0.2) is 5.11 Å². The fraction of sp³-hybridized carbons (Fsp3) is 0.381. The minimum absolute atomic E-state index is 0.215. The van der Waals surface area contributed by atoms with Crippen LogP contribution in [-0.2, 0) is 10.0 Å². The quantitative estimate of drug-likeness (QED) is 0.617. The Bertz CT molecular complexity index is 989. The minimum atomic E-state index is -3.54. The molecule has 2 aromatic carbocycles. The van der Waals surface area contributed by atoms with Gasteiger partial charge in [-0.15, -0.1) is 0 Å². The van der Waals surface area contributed by atoms with Gasteiger partial charge in [-0.1, -0.05) is 18.6 Å². The lowest BCUT2D eigenvalue weighted by molar-refractivity contribution is 0.342. The summed E-state index contributed by atoms with van der Waals surface area (Å²) in [5.41, 5.74) is 1.31. The Hall–Kier alpha value is -2.36. The Morgan fingerprint density at radius 1 is 1.03 bits per heavy atom. The SMILES string of the molecule is CCOc1ccccc1NC(=S)Nc1ccc(S(=O)(=O)N2CCCCC2)cc1OC. The summed E-state index contributed by atoms with van der Waals surface area (Å²) in [6, 6.07) is 12.3. The summed E-state index contributed by atoms with van der Waals surface area (Å²) in [5, 5.41) is 6.51. The van der Waals surface area contributed by atoms with Crippen molar-refractivity contribution < 1.29 is 17.9 Å². The van der Waals surface area contributed by atoms with E-state index < -0.39 is 10.0 Å². The molecule has 2 N–H and O–H groups in total. The van der Waals surface area contributed by atoms with Gasteiger partial charge in [0.25, 0.3) is 0 Å². The molecule has 7 nitrogen and oxygen atoms in total. The Morgan fingerprint density at radius 3 is 2.37 bits per heavy atom. The van der Waals surface area contributed by atoms with Gasteiger partial charge in [0, 0.05) is 19.2 Å². The van der Waals surface area contributed by atoms with E-state index in [0.717, 1.165) is 24.9 Å². The second-order valence-corrected chi connectivity index (χ2v) is 9.18. The summed E-state index contributed by atoms with van der Waals surface area (Å²) in [7, 11) is -2.04. The lowest BCUT2D eigenvalue weighted by atomic mass is 10.2. The largest absolute Gasteiger partial charge is 0.495 e. The number of piperidine rings is 1. The standard InChI is InChI=1S/C21H27N3O4S2/c1-3-28-19-10-6-5-9-17(19)22-21(29)23-18-12-11-16(15-20(18)27-2)30(25,26)24-13-7-4-8-14-24/h5-6,9-12,15H,3-4,7-8,13-14H2,1-2H3,(H2,22,23,29). The van der Waals surface area contributed by atoms with Crippen LogP contribution in [0, 0.1) is 0 Å². The molecule has 0 saturated carbocycles. The molecule has 1 fully saturated rings. The van der Waals surface area contributed by atoms with E-state index in [1.807, 2.05) is 31.2 Å². The first-order valence-corrected chi connectivity index (χ1v) is 11.8. The number of ether oxygens (including phenoxy) is 2. The van der Waals surface area contributed by atoms with Crippen LogP contribution in [0.5, 0.6) is 11.5 Å². The van der Waals surface area contributed by atoms with E-state index in [1.165, 1.54) is 17.5 Å². The molecular weight excluding hydrogens is 422 g/mol. The first kappa shape index (κ1) is 22.3. The molecule has 1 saturated heterocycles. The molecule has 0 aromatic heterocycles. The molecule has 1 aliphatic rings. The van der Waals surface area contributed by atoms with Crippen molar-refractivity contribution in [3.63, 3.8) is 0 Å². The number of nitrogens with zero attached hydrogens (tertiary/aromatic N) is 1. The highest BCUT2D eigenvalue weighted by atomic mass is 32.2. The average Bonchev–Trinajstić information content (AvgIpc) is 2.76. The van der Waals surface area contributed by atoms with Gasteiger partial charge in [-0.05, 0) is 56.2 Å². The van der Waals surface area contributed by atoms with Crippen LogP contribution in [0.3, 0.4) is 0 Å². The number of hydrogen-bond acceptors (Lipinski definition) is 5. The number of anilines is 2. The number of para-hydroxylation sites is 2. The van der Waals surface area contributed by atoms with Crippen molar-refractivity contribution in [2.75, 3.05) is 37.4 Å². The van der Waals surface area contributed by atoms with E-state index in [9.17, 15) is 8.42 Å². The van der Waals surface area contributed by atoms with E-state index in [4.69, 9.17) is 21.7 Å². The highest BCUT2D eigenvalue weighted by Gasteiger charge is 2.26. The molecule has 1 heterocycles. The lowest BCUT2D eigenvalue weighted by Gasteiger charge is -2.26. The van der Waals surface area contributed by atoms with E-state index in [2.05, 4.69) is 10.6 Å². The van der Waals surface area contributed by atoms with Crippen LogP contribution in [0.4, 0.5) is 11.4 Å². The normalized spacial score (nSPS) is 14.7. The van der Waals surface area contributed by atoms with Crippen molar-refractivity contribution in [1.82, 2.24) is 4.31 Å². The second-order valence-electron chi connectivity index (χ2n) is 6.84. The first-order chi connectivity index (χ1) is 14.5. The zero-order chi connectivity index (χ0) is 21.6. The molecule has 2 aromatic rings. The van der Waals surface area contributed by atoms with Gasteiger partial charge in [0.1, 0.15) is 11.5 Å². The summed E-state index contributed by atoms with van der Waals surface area (Å²) in [4.78, 5) is 0.215. The average molecular weight is 450 g/mol. The number of methoxy groups -OCH3 is 1. The molecule has 0 atom stereocenters. The van der Waals surface area contributed by atoms with Crippen molar-refractivity contribution in [2.45, 2.75) is 31.1 Å². The van der Waals surface area contributed by atoms with Crippen LogP contribution < -0.4 is 20.1 Å². The Kier molecular flexibility index (Phi) is 7.52. The summed E-state index contributed by atoms with van der Waals surface area (Å²) in [6.07, 6.45) is 2.84. The number of thiocarbonyl (C=S) groups is 1. The Balaban J connectivity index is 1.76. The van der Waals surface area contributed by atoms with Crippen LogP contribution in [0.2, 0.25) is 0 Å². The number of benzene rings is 2. The monoisotopic (exact) mass is 449 g/mol. The first-order valence-electron chi connectivity index (χ1n) is 9.93. The van der Waals surface area contributed by atoms with Gasteiger partial charge in [0.05, 0.1) is 30.0 Å². The van der Waals surface area contributed by atoms with E-state index in [0.29, 0.717) is 42.0 Å². The van der Waals surface area contributed by atoms with Gasteiger partial charge in [0.2, 0.25) is 10.0 Å².